The third-order valence-electron chi connectivity index (χ3n) is 9.33. The zero-order chi connectivity index (χ0) is 21.3. The average Bonchev–Trinajstić information content (AvgIpc) is 3.01. The van der Waals surface area contributed by atoms with Gasteiger partial charge in [0.2, 0.25) is 0 Å². The molecule has 4 heterocycles. The van der Waals surface area contributed by atoms with Gasteiger partial charge in [0.15, 0.2) is 0 Å². The molecule has 7 unspecified atom stereocenters. The molecular formula is C26H34N2O3. The van der Waals surface area contributed by atoms with Crippen LogP contribution in [0, 0.1) is 29.1 Å². The molecule has 0 spiro atoms. The van der Waals surface area contributed by atoms with Crippen LogP contribution < -0.4 is 5.56 Å². The number of fused-ring (bicyclic) bond motifs is 6. The van der Waals surface area contributed by atoms with Gasteiger partial charge >= 0.3 is 5.97 Å². The molecule has 1 aromatic heterocycles. The fraction of sp³-hybridized carbons (Fsp3) is 0.692. The van der Waals surface area contributed by atoms with Crippen molar-refractivity contribution >= 4 is 5.97 Å². The van der Waals surface area contributed by atoms with Gasteiger partial charge in [-0.1, -0.05) is 25.1 Å². The van der Waals surface area contributed by atoms with Crippen LogP contribution in [0.1, 0.15) is 57.1 Å². The van der Waals surface area contributed by atoms with E-state index in [4.69, 9.17) is 4.74 Å². The van der Waals surface area contributed by atoms with Gasteiger partial charge in [0.05, 0.1) is 5.92 Å². The summed E-state index contributed by atoms with van der Waals surface area (Å²) in [6, 6.07) is 5.68. The van der Waals surface area contributed by atoms with Gasteiger partial charge in [-0.05, 0) is 61.8 Å². The summed E-state index contributed by atoms with van der Waals surface area (Å²) in [6.45, 7) is 10.3. The molecule has 3 aliphatic heterocycles. The minimum atomic E-state index is -0.0129. The molecule has 166 valence electrons. The quantitative estimate of drug-likeness (QED) is 0.540. The van der Waals surface area contributed by atoms with Crippen molar-refractivity contribution in [1.29, 1.82) is 0 Å². The highest BCUT2D eigenvalue weighted by atomic mass is 16.6. The molecule has 0 radical (unpaired) electrons. The van der Waals surface area contributed by atoms with E-state index in [1.165, 1.54) is 24.1 Å². The first-order valence-corrected chi connectivity index (χ1v) is 12.2. The largest absolute Gasteiger partial charge is 0.462 e. The molecule has 5 nitrogen and oxygen atoms in total. The Bertz CT molecular complexity index is 983. The first-order valence-electron chi connectivity index (χ1n) is 12.2. The number of rotatable bonds is 2. The molecule has 5 heteroatoms. The van der Waals surface area contributed by atoms with Gasteiger partial charge < -0.3 is 14.2 Å². The van der Waals surface area contributed by atoms with E-state index in [2.05, 4.69) is 24.5 Å². The minimum Gasteiger partial charge on any atom is -0.462 e. The number of likely N-dealkylation sites (tertiary alicyclic amines) is 1. The topological polar surface area (TPSA) is 51.5 Å². The highest BCUT2D eigenvalue weighted by Crippen LogP contribution is 2.57. The van der Waals surface area contributed by atoms with Gasteiger partial charge in [-0.2, -0.15) is 0 Å². The van der Waals surface area contributed by atoms with Gasteiger partial charge in [0.25, 0.3) is 5.56 Å². The second kappa shape index (κ2) is 7.06. The van der Waals surface area contributed by atoms with Crippen LogP contribution in [-0.2, 0) is 16.1 Å². The summed E-state index contributed by atoms with van der Waals surface area (Å²) in [5.41, 5.74) is 2.96. The Balaban J connectivity index is 1.20. The SMILES string of the molecule is C=C1CCCC2(C)CC3OC(=O)C(CN4CC5CC(C4)c4cccc(=O)n4C5)C3CC12. The van der Waals surface area contributed by atoms with Crippen molar-refractivity contribution in [3.63, 3.8) is 0 Å². The van der Waals surface area contributed by atoms with E-state index in [0.29, 0.717) is 23.7 Å². The molecule has 1 aromatic rings. The normalized spacial score (nSPS) is 41.8. The zero-order valence-electron chi connectivity index (χ0n) is 18.6. The standard InChI is InChI=1S/C26H34N2O3/c1-16-5-4-8-26(2)11-23-19(10-21(16)26)20(25(30)31-23)15-27-12-17-9-18(14-27)22-6-3-7-24(29)28(22)13-17/h3,6-7,17-21,23H,1,4-5,8-15H2,2H3. The fourth-order valence-electron chi connectivity index (χ4n) is 7.89. The average molecular weight is 423 g/mol. The van der Waals surface area contributed by atoms with E-state index in [1.54, 1.807) is 6.07 Å². The van der Waals surface area contributed by atoms with Crippen molar-refractivity contribution in [2.24, 2.45) is 29.1 Å². The molecule has 2 aliphatic carbocycles. The lowest BCUT2D eigenvalue weighted by Crippen LogP contribution is -2.50. The molecule has 31 heavy (non-hydrogen) atoms. The van der Waals surface area contributed by atoms with Crippen LogP contribution in [0.3, 0.4) is 0 Å². The highest BCUT2D eigenvalue weighted by Gasteiger charge is 2.55. The molecule has 2 saturated carbocycles. The summed E-state index contributed by atoms with van der Waals surface area (Å²) in [6.07, 6.45) is 6.92. The minimum absolute atomic E-state index is 0.0129. The molecule has 2 bridgehead atoms. The molecular weight excluding hydrogens is 388 g/mol. The molecule has 0 amide bonds. The smallest absolute Gasteiger partial charge is 0.310 e. The summed E-state index contributed by atoms with van der Waals surface area (Å²) >= 11 is 0. The van der Waals surface area contributed by atoms with Crippen LogP contribution in [0.2, 0.25) is 0 Å². The number of hydrogen-bond acceptors (Lipinski definition) is 4. The molecule has 5 aliphatic rings. The van der Waals surface area contributed by atoms with Gasteiger partial charge in [-0.3, -0.25) is 9.59 Å². The van der Waals surface area contributed by atoms with Crippen molar-refractivity contribution in [2.75, 3.05) is 19.6 Å². The molecule has 2 saturated heterocycles. The number of carbonyl (C=O) groups excluding carboxylic acids is 1. The van der Waals surface area contributed by atoms with Crippen LogP contribution in [0.25, 0.3) is 0 Å². The Morgan fingerprint density at radius 2 is 2.06 bits per heavy atom. The number of esters is 1. The third-order valence-corrected chi connectivity index (χ3v) is 9.33. The number of nitrogens with zero attached hydrogens (tertiary/aromatic N) is 2. The number of allylic oxidation sites excluding steroid dienone is 1. The Kier molecular flexibility index (Phi) is 4.51. The first-order chi connectivity index (χ1) is 14.9. The summed E-state index contributed by atoms with van der Waals surface area (Å²) in [7, 11) is 0. The van der Waals surface area contributed by atoms with E-state index in [1.807, 2.05) is 10.6 Å². The molecule has 6 rings (SSSR count). The number of pyridine rings is 1. The van der Waals surface area contributed by atoms with Crippen molar-refractivity contribution in [3.05, 3.63) is 46.4 Å². The van der Waals surface area contributed by atoms with Gasteiger partial charge in [-0.25, -0.2) is 0 Å². The molecule has 0 aromatic carbocycles. The second-order valence-corrected chi connectivity index (χ2v) is 11.3. The maximum absolute atomic E-state index is 13.0. The summed E-state index contributed by atoms with van der Waals surface area (Å²) < 4.78 is 7.97. The lowest BCUT2D eigenvalue weighted by molar-refractivity contribution is -0.146. The lowest BCUT2D eigenvalue weighted by atomic mass is 9.55. The van der Waals surface area contributed by atoms with Crippen molar-refractivity contribution in [3.8, 4) is 0 Å². The summed E-state index contributed by atoms with van der Waals surface area (Å²) in [5.74, 6) is 1.77. The number of ether oxygens (including phenoxy) is 1. The maximum Gasteiger partial charge on any atom is 0.310 e. The number of hydrogen-bond donors (Lipinski definition) is 0. The van der Waals surface area contributed by atoms with Crippen LogP contribution in [0.5, 0.6) is 0 Å². The number of piperidine rings is 1. The molecule has 0 N–H and O–H groups in total. The fourth-order valence-corrected chi connectivity index (χ4v) is 7.89. The lowest BCUT2D eigenvalue weighted by Gasteiger charge is -2.50. The van der Waals surface area contributed by atoms with Crippen LogP contribution >= 0.6 is 0 Å². The van der Waals surface area contributed by atoms with Crippen molar-refractivity contribution < 1.29 is 9.53 Å². The van der Waals surface area contributed by atoms with E-state index in [-0.39, 0.29) is 29.0 Å². The predicted octanol–water partition coefficient (Wildman–Crippen LogP) is 3.58. The highest BCUT2D eigenvalue weighted by molar-refractivity contribution is 5.75. The van der Waals surface area contributed by atoms with Gasteiger partial charge in [0, 0.05) is 49.8 Å². The monoisotopic (exact) mass is 422 g/mol. The second-order valence-electron chi connectivity index (χ2n) is 11.3. The Morgan fingerprint density at radius 3 is 2.94 bits per heavy atom. The predicted molar refractivity (Wildman–Crippen MR) is 119 cm³/mol. The molecule has 7 atom stereocenters. The zero-order valence-corrected chi connectivity index (χ0v) is 18.6. The van der Waals surface area contributed by atoms with E-state index in [9.17, 15) is 9.59 Å². The Labute approximate surface area is 184 Å². The number of aromatic nitrogens is 1. The van der Waals surface area contributed by atoms with Crippen LogP contribution in [0.15, 0.2) is 35.1 Å². The van der Waals surface area contributed by atoms with Crippen molar-refractivity contribution in [2.45, 2.75) is 64.0 Å². The van der Waals surface area contributed by atoms with E-state index < -0.39 is 0 Å². The Morgan fingerprint density at radius 1 is 1.19 bits per heavy atom. The maximum atomic E-state index is 13.0. The third kappa shape index (κ3) is 3.14. The van der Waals surface area contributed by atoms with Gasteiger partial charge in [-0.15, -0.1) is 0 Å². The summed E-state index contributed by atoms with van der Waals surface area (Å²) in [5, 5.41) is 0. The summed E-state index contributed by atoms with van der Waals surface area (Å²) in [4.78, 5) is 27.8. The van der Waals surface area contributed by atoms with E-state index in [0.717, 1.165) is 51.9 Å². The van der Waals surface area contributed by atoms with Crippen LogP contribution in [0.4, 0.5) is 0 Å². The Hall–Kier alpha value is -1.88. The van der Waals surface area contributed by atoms with Crippen LogP contribution in [-0.4, -0.2) is 41.2 Å². The number of carbonyl (C=O) groups is 1. The van der Waals surface area contributed by atoms with Crippen molar-refractivity contribution in [1.82, 2.24) is 9.47 Å². The van der Waals surface area contributed by atoms with E-state index >= 15 is 0 Å². The molecule has 4 fully saturated rings. The first kappa shape index (κ1) is 19.8. The van der Waals surface area contributed by atoms with Gasteiger partial charge in [0.1, 0.15) is 6.10 Å².